The Labute approximate surface area is 150 Å². The van der Waals surface area contributed by atoms with Crippen molar-refractivity contribution in [3.05, 3.63) is 53.0 Å². The number of carbonyl (C=O) groups is 1. The van der Waals surface area contributed by atoms with E-state index in [2.05, 4.69) is 11.4 Å². The second-order valence-electron chi connectivity index (χ2n) is 6.18. The molecule has 136 valence electrons. The number of hydrogen-bond acceptors (Lipinski definition) is 4. The van der Waals surface area contributed by atoms with Crippen LogP contribution in [0.3, 0.4) is 0 Å². The van der Waals surface area contributed by atoms with Crippen molar-refractivity contribution in [3.8, 4) is 11.8 Å². The molecule has 1 amide bonds. The molecule has 0 aliphatic carbocycles. The number of aromatic nitrogens is 2. The Hall–Kier alpha value is -2.92. The highest BCUT2D eigenvalue weighted by atomic mass is 19.1. The summed E-state index contributed by atoms with van der Waals surface area (Å²) >= 11 is 0. The van der Waals surface area contributed by atoms with Crippen LogP contribution in [0.5, 0.6) is 0 Å². The van der Waals surface area contributed by atoms with Gasteiger partial charge in [0.1, 0.15) is 11.9 Å². The smallest absolute Gasteiger partial charge is 0.326 e. The van der Waals surface area contributed by atoms with Crippen molar-refractivity contribution < 1.29 is 9.18 Å². The largest absolute Gasteiger partial charge is 0.332 e. The van der Waals surface area contributed by atoms with Gasteiger partial charge in [-0.2, -0.15) is 5.26 Å². The summed E-state index contributed by atoms with van der Waals surface area (Å²) in [6.45, 7) is 1.58. The number of hydrogen-bond donors (Lipinski definition) is 1. The van der Waals surface area contributed by atoms with Crippen molar-refractivity contribution in [2.75, 3.05) is 19.6 Å². The third kappa shape index (κ3) is 3.83. The third-order valence-corrected chi connectivity index (χ3v) is 4.46. The standard InChI is InChI=1S/C18H20FN5O2/c19-14-3-1-4-15(11-14)24-10-9-22(18(24)26)8-6-21-13-17(25)23-7-2-5-16(23)12-20/h1,3-4,9-11,16,21H,2,5-8,13H2. The first-order valence-corrected chi connectivity index (χ1v) is 8.53. The molecule has 1 aromatic carbocycles. The first-order chi connectivity index (χ1) is 12.6. The van der Waals surface area contributed by atoms with Crippen LogP contribution in [-0.2, 0) is 11.3 Å². The van der Waals surface area contributed by atoms with Gasteiger partial charge in [-0.25, -0.2) is 9.18 Å². The minimum absolute atomic E-state index is 0.0984. The van der Waals surface area contributed by atoms with Crippen LogP contribution in [0.2, 0.25) is 0 Å². The molecule has 1 aromatic heterocycles. The summed E-state index contributed by atoms with van der Waals surface area (Å²) in [6.07, 6.45) is 4.80. The number of carbonyl (C=O) groups excluding carboxylic acids is 1. The second kappa shape index (κ2) is 7.97. The van der Waals surface area contributed by atoms with Gasteiger partial charge in [-0.1, -0.05) is 6.07 Å². The first-order valence-electron chi connectivity index (χ1n) is 8.53. The van der Waals surface area contributed by atoms with E-state index in [0.29, 0.717) is 25.3 Å². The Morgan fingerprint density at radius 2 is 2.23 bits per heavy atom. The van der Waals surface area contributed by atoms with E-state index in [0.717, 1.165) is 12.8 Å². The first kappa shape index (κ1) is 17.9. The van der Waals surface area contributed by atoms with Gasteiger partial charge in [0.15, 0.2) is 0 Å². The maximum atomic E-state index is 13.3. The molecule has 8 heteroatoms. The average molecular weight is 357 g/mol. The molecule has 0 saturated carbocycles. The summed E-state index contributed by atoms with van der Waals surface area (Å²) in [5.41, 5.74) is 0.196. The molecule has 1 N–H and O–H groups in total. The normalized spacial score (nSPS) is 16.6. The Balaban J connectivity index is 1.52. The molecule has 2 aromatic rings. The van der Waals surface area contributed by atoms with E-state index in [-0.39, 0.29) is 24.2 Å². The maximum Gasteiger partial charge on any atom is 0.332 e. The Morgan fingerprint density at radius 1 is 1.38 bits per heavy atom. The van der Waals surface area contributed by atoms with E-state index in [4.69, 9.17) is 5.26 Å². The van der Waals surface area contributed by atoms with Crippen LogP contribution >= 0.6 is 0 Å². The van der Waals surface area contributed by atoms with Crippen molar-refractivity contribution in [1.29, 1.82) is 5.26 Å². The van der Waals surface area contributed by atoms with Crippen LogP contribution in [0.15, 0.2) is 41.5 Å². The zero-order chi connectivity index (χ0) is 18.5. The van der Waals surface area contributed by atoms with Gasteiger partial charge in [0, 0.05) is 32.0 Å². The number of nitriles is 1. The lowest BCUT2D eigenvalue weighted by Gasteiger charge is -2.19. The molecular formula is C18H20FN5O2. The quantitative estimate of drug-likeness (QED) is 0.778. The summed E-state index contributed by atoms with van der Waals surface area (Å²) in [4.78, 5) is 26.1. The maximum absolute atomic E-state index is 13.3. The highest BCUT2D eigenvalue weighted by Gasteiger charge is 2.27. The number of nitrogens with zero attached hydrogens (tertiary/aromatic N) is 4. The molecular weight excluding hydrogens is 337 g/mol. The molecule has 0 spiro atoms. The number of likely N-dealkylation sites (tertiary alicyclic amines) is 1. The average Bonchev–Trinajstić information content (AvgIpc) is 3.25. The van der Waals surface area contributed by atoms with Gasteiger partial charge in [-0.15, -0.1) is 0 Å². The van der Waals surface area contributed by atoms with Gasteiger partial charge in [0.2, 0.25) is 5.91 Å². The Bertz CT molecular complexity index is 882. The van der Waals surface area contributed by atoms with E-state index >= 15 is 0 Å². The van der Waals surface area contributed by atoms with Crippen molar-refractivity contribution >= 4 is 5.91 Å². The van der Waals surface area contributed by atoms with E-state index in [9.17, 15) is 14.0 Å². The molecule has 26 heavy (non-hydrogen) atoms. The number of nitrogens with one attached hydrogen (secondary N) is 1. The monoisotopic (exact) mass is 357 g/mol. The van der Waals surface area contributed by atoms with Crippen molar-refractivity contribution in [3.63, 3.8) is 0 Å². The highest BCUT2D eigenvalue weighted by molar-refractivity contribution is 5.79. The van der Waals surface area contributed by atoms with Gasteiger partial charge >= 0.3 is 5.69 Å². The van der Waals surface area contributed by atoms with Gasteiger partial charge in [-0.05, 0) is 31.0 Å². The minimum atomic E-state index is -0.403. The molecule has 1 aliphatic rings. The van der Waals surface area contributed by atoms with Gasteiger partial charge in [-0.3, -0.25) is 13.9 Å². The van der Waals surface area contributed by atoms with Gasteiger partial charge in [0.05, 0.1) is 18.3 Å². The third-order valence-electron chi connectivity index (χ3n) is 4.46. The van der Waals surface area contributed by atoms with Crippen molar-refractivity contribution in [2.24, 2.45) is 0 Å². The predicted molar refractivity (Wildman–Crippen MR) is 93.2 cm³/mol. The number of halogens is 1. The molecule has 0 bridgehead atoms. The van der Waals surface area contributed by atoms with E-state index < -0.39 is 5.82 Å². The van der Waals surface area contributed by atoms with Crippen molar-refractivity contribution in [1.82, 2.24) is 19.4 Å². The van der Waals surface area contributed by atoms with Crippen LogP contribution in [-0.4, -0.2) is 45.6 Å². The van der Waals surface area contributed by atoms with Crippen LogP contribution < -0.4 is 11.0 Å². The topological polar surface area (TPSA) is 83.1 Å². The van der Waals surface area contributed by atoms with Gasteiger partial charge in [0.25, 0.3) is 0 Å². The number of imidazole rings is 1. The summed E-state index contributed by atoms with van der Waals surface area (Å²) in [7, 11) is 0. The zero-order valence-corrected chi connectivity index (χ0v) is 14.3. The second-order valence-corrected chi connectivity index (χ2v) is 6.18. The lowest BCUT2D eigenvalue weighted by Crippen LogP contribution is -2.41. The molecule has 0 radical (unpaired) electrons. The van der Waals surface area contributed by atoms with Crippen LogP contribution in [0.4, 0.5) is 4.39 Å². The minimum Gasteiger partial charge on any atom is -0.326 e. The predicted octanol–water partition coefficient (Wildman–Crippen LogP) is 0.882. The van der Waals surface area contributed by atoms with Crippen LogP contribution in [0.25, 0.3) is 5.69 Å². The molecule has 3 rings (SSSR count). The van der Waals surface area contributed by atoms with E-state index in [1.54, 1.807) is 29.4 Å². The van der Waals surface area contributed by atoms with E-state index in [1.165, 1.54) is 21.3 Å². The number of benzene rings is 1. The fourth-order valence-electron chi connectivity index (χ4n) is 3.10. The summed E-state index contributed by atoms with van der Waals surface area (Å²) in [5.74, 6) is -0.501. The lowest BCUT2D eigenvalue weighted by molar-refractivity contribution is -0.130. The molecule has 1 unspecified atom stereocenters. The number of rotatable bonds is 6. The molecule has 1 aliphatic heterocycles. The molecule has 1 fully saturated rings. The van der Waals surface area contributed by atoms with E-state index in [1.807, 2.05) is 0 Å². The molecule has 7 nitrogen and oxygen atoms in total. The Morgan fingerprint density at radius 3 is 3.00 bits per heavy atom. The van der Waals surface area contributed by atoms with Gasteiger partial charge < -0.3 is 10.2 Å². The summed E-state index contributed by atoms with van der Waals surface area (Å²) < 4.78 is 16.2. The molecule has 1 saturated heterocycles. The SMILES string of the molecule is N#CC1CCCN1C(=O)CNCCn1ccn(-c2cccc(F)c2)c1=O. The van der Waals surface area contributed by atoms with Crippen LogP contribution in [0, 0.1) is 17.1 Å². The summed E-state index contributed by atoms with van der Waals surface area (Å²) in [5, 5.41) is 12.0. The fourth-order valence-corrected chi connectivity index (χ4v) is 3.10. The highest BCUT2D eigenvalue weighted by Crippen LogP contribution is 2.15. The zero-order valence-electron chi connectivity index (χ0n) is 14.3. The van der Waals surface area contributed by atoms with Crippen LogP contribution in [0.1, 0.15) is 12.8 Å². The van der Waals surface area contributed by atoms with Crippen molar-refractivity contribution in [2.45, 2.75) is 25.4 Å². The molecule has 1 atom stereocenters. The fraction of sp³-hybridized carbons (Fsp3) is 0.389. The summed E-state index contributed by atoms with van der Waals surface area (Å²) in [6, 6.07) is 7.65. The Kier molecular flexibility index (Phi) is 5.49. The molecule has 2 heterocycles. The lowest BCUT2D eigenvalue weighted by atomic mass is 10.2. The number of amides is 1.